The number of ether oxygens (including phenoxy) is 1. The smallest absolute Gasteiger partial charge is 0.311 e. The van der Waals surface area contributed by atoms with Crippen molar-refractivity contribution in [2.24, 2.45) is 0 Å². The van der Waals surface area contributed by atoms with Crippen molar-refractivity contribution >= 4 is 17.3 Å². The van der Waals surface area contributed by atoms with E-state index in [9.17, 15) is 4.79 Å². The normalized spacial score (nSPS) is 12.2. The summed E-state index contributed by atoms with van der Waals surface area (Å²) in [6, 6.07) is 5.84. The molecule has 5 heteroatoms. The zero-order valence-electron chi connectivity index (χ0n) is 11.9. The second kappa shape index (κ2) is 5.63. The van der Waals surface area contributed by atoms with Gasteiger partial charge in [-0.25, -0.2) is 4.98 Å². The average Bonchev–Trinajstić information content (AvgIpc) is 2.75. The maximum atomic E-state index is 11.1. The van der Waals surface area contributed by atoms with Gasteiger partial charge >= 0.3 is 5.97 Å². The predicted octanol–water partition coefficient (Wildman–Crippen LogP) is 4.05. The highest BCUT2D eigenvalue weighted by Crippen LogP contribution is 2.35. The molecule has 2 aromatic rings. The van der Waals surface area contributed by atoms with Crippen molar-refractivity contribution < 1.29 is 14.6 Å². The second-order valence-corrected chi connectivity index (χ2v) is 5.78. The number of aromatic nitrogens is 1. The summed E-state index contributed by atoms with van der Waals surface area (Å²) >= 11 is 1.29. The Hall–Kier alpha value is -1.88. The third kappa shape index (κ3) is 2.82. The molecule has 0 aliphatic carbocycles. The second-order valence-electron chi connectivity index (χ2n) is 4.79. The number of carboxylic acid groups (broad SMARTS) is 1. The Bertz CT molecular complexity index is 649. The van der Waals surface area contributed by atoms with Gasteiger partial charge in [-0.1, -0.05) is 23.5 Å². The molecule has 1 unspecified atom stereocenters. The van der Waals surface area contributed by atoms with Crippen molar-refractivity contribution in [3.63, 3.8) is 0 Å². The van der Waals surface area contributed by atoms with Gasteiger partial charge in [0, 0.05) is 4.88 Å². The molecule has 0 saturated carbocycles. The number of rotatable bonds is 4. The fourth-order valence-electron chi connectivity index (χ4n) is 1.87. The Morgan fingerprint density at radius 3 is 2.70 bits per heavy atom. The molecule has 0 aliphatic rings. The van der Waals surface area contributed by atoms with Gasteiger partial charge in [0.1, 0.15) is 5.75 Å². The minimum Gasteiger partial charge on any atom is -0.481 e. The lowest BCUT2D eigenvalue weighted by atomic mass is 10.1. The summed E-state index contributed by atoms with van der Waals surface area (Å²) < 4.78 is 5.80. The van der Waals surface area contributed by atoms with Crippen LogP contribution in [0.15, 0.2) is 18.2 Å². The topological polar surface area (TPSA) is 59.4 Å². The van der Waals surface area contributed by atoms with Gasteiger partial charge in [-0.2, -0.15) is 0 Å². The van der Waals surface area contributed by atoms with Crippen LogP contribution in [0.25, 0.3) is 0 Å². The minimum absolute atomic E-state index is 0.485. The van der Waals surface area contributed by atoms with Crippen molar-refractivity contribution in [2.75, 3.05) is 0 Å². The third-order valence-electron chi connectivity index (χ3n) is 3.33. The Labute approximate surface area is 122 Å². The van der Waals surface area contributed by atoms with Gasteiger partial charge in [-0.3, -0.25) is 4.79 Å². The van der Waals surface area contributed by atoms with Crippen LogP contribution >= 0.6 is 11.3 Å². The molecule has 0 aliphatic heterocycles. The number of aliphatic carboxylic acids is 1. The van der Waals surface area contributed by atoms with Gasteiger partial charge in [-0.15, -0.1) is 0 Å². The third-order valence-corrected chi connectivity index (χ3v) is 4.55. The standard InChI is InChI=1S/C15H17NO3S/c1-8-6-5-7-12(9(8)2)19-15-16-11(4)13(20-15)10(3)14(17)18/h5-7,10H,1-4H3,(H,17,18). The van der Waals surface area contributed by atoms with E-state index in [1.165, 1.54) is 11.3 Å². The minimum atomic E-state index is -0.852. The predicted molar refractivity (Wildman–Crippen MR) is 78.9 cm³/mol. The van der Waals surface area contributed by atoms with E-state index in [0.717, 1.165) is 21.8 Å². The van der Waals surface area contributed by atoms with Crippen LogP contribution in [0.1, 0.15) is 34.5 Å². The first-order valence-electron chi connectivity index (χ1n) is 6.34. The zero-order valence-corrected chi connectivity index (χ0v) is 12.7. The van der Waals surface area contributed by atoms with Crippen LogP contribution in [-0.2, 0) is 4.79 Å². The Balaban J connectivity index is 2.29. The van der Waals surface area contributed by atoms with Gasteiger partial charge in [0.05, 0.1) is 11.6 Å². The van der Waals surface area contributed by atoms with Crippen LogP contribution in [0.5, 0.6) is 10.9 Å². The molecule has 1 atom stereocenters. The molecule has 20 heavy (non-hydrogen) atoms. The van der Waals surface area contributed by atoms with E-state index in [4.69, 9.17) is 9.84 Å². The number of hydrogen-bond acceptors (Lipinski definition) is 4. The summed E-state index contributed by atoms with van der Waals surface area (Å²) in [5.74, 6) is -0.660. The Morgan fingerprint density at radius 2 is 2.05 bits per heavy atom. The molecule has 0 bridgehead atoms. The maximum Gasteiger partial charge on any atom is 0.311 e. The molecular weight excluding hydrogens is 274 g/mol. The van der Waals surface area contributed by atoms with E-state index in [0.29, 0.717) is 10.9 Å². The quantitative estimate of drug-likeness (QED) is 0.923. The molecule has 1 aromatic carbocycles. The fourth-order valence-corrected chi connectivity index (χ4v) is 2.84. The maximum absolute atomic E-state index is 11.1. The van der Waals surface area contributed by atoms with Crippen LogP contribution in [0, 0.1) is 20.8 Å². The van der Waals surface area contributed by atoms with E-state index < -0.39 is 11.9 Å². The largest absolute Gasteiger partial charge is 0.481 e. The van der Waals surface area contributed by atoms with Crippen molar-refractivity contribution in [1.29, 1.82) is 0 Å². The molecule has 1 aromatic heterocycles. The van der Waals surface area contributed by atoms with Crippen LogP contribution in [0.4, 0.5) is 0 Å². The molecule has 0 spiro atoms. The lowest BCUT2D eigenvalue weighted by Gasteiger charge is -2.07. The Morgan fingerprint density at radius 1 is 1.35 bits per heavy atom. The molecule has 0 fully saturated rings. The molecule has 4 nitrogen and oxygen atoms in total. The number of aryl methyl sites for hydroxylation is 2. The first kappa shape index (κ1) is 14.5. The van der Waals surface area contributed by atoms with Crippen LogP contribution in [-0.4, -0.2) is 16.1 Å². The number of carboxylic acids is 1. The highest BCUT2D eigenvalue weighted by Gasteiger charge is 2.21. The number of benzene rings is 1. The van der Waals surface area contributed by atoms with Crippen molar-refractivity contribution in [2.45, 2.75) is 33.6 Å². The summed E-state index contributed by atoms with van der Waals surface area (Å²) in [6.45, 7) is 7.48. The van der Waals surface area contributed by atoms with Crippen molar-refractivity contribution in [3.05, 3.63) is 39.9 Å². The summed E-state index contributed by atoms with van der Waals surface area (Å²) in [7, 11) is 0. The van der Waals surface area contributed by atoms with Crippen molar-refractivity contribution in [3.8, 4) is 10.9 Å². The average molecular weight is 291 g/mol. The van der Waals surface area contributed by atoms with E-state index in [1.54, 1.807) is 13.8 Å². The Kier molecular flexibility index (Phi) is 4.09. The molecule has 0 amide bonds. The van der Waals surface area contributed by atoms with Crippen LogP contribution in [0.2, 0.25) is 0 Å². The molecule has 106 valence electrons. The SMILES string of the molecule is Cc1cccc(Oc2nc(C)c(C(C)C(=O)O)s2)c1C. The number of thiazole rings is 1. The van der Waals surface area contributed by atoms with Gasteiger partial charge in [-0.05, 0) is 44.9 Å². The van der Waals surface area contributed by atoms with E-state index in [2.05, 4.69) is 4.98 Å². The zero-order chi connectivity index (χ0) is 14.9. The summed E-state index contributed by atoms with van der Waals surface area (Å²) in [5.41, 5.74) is 2.92. The van der Waals surface area contributed by atoms with E-state index >= 15 is 0 Å². The van der Waals surface area contributed by atoms with Gasteiger partial charge < -0.3 is 9.84 Å². The van der Waals surface area contributed by atoms with E-state index in [1.807, 2.05) is 32.0 Å². The number of carbonyl (C=O) groups is 1. The number of hydrogen-bond donors (Lipinski definition) is 1. The highest BCUT2D eigenvalue weighted by molar-refractivity contribution is 7.13. The molecule has 1 heterocycles. The number of nitrogens with zero attached hydrogens (tertiary/aromatic N) is 1. The highest BCUT2D eigenvalue weighted by atomic mass is 32.1. The summed E-state index contributed by atoms with van der Waals surface area (Å²) in [6.07, 6.45) is 0. The summed E-state index contributed by atoms with van der Waals surface area (Å²) in [4.78, 5) is 16.1. The molecule has 0 radical (unpaired) electrons. The molecule has 1 N–H and O–H groups in total. The monoisotopic (exact) mass is 291 g/mol. The summed E-state index contributed by atoms with van der Waals surface area (Å²) in [5, 5.41) is 9.56. The van der Waals surface area contributed by atoms with Gasteiger partial charge in [0.15, 0.2) is 0 Å². The van der Waals surface area contributed by atoms with E-state index in [-0.39, 0.29) is 0 Å². The molecule has 2 rings (SSSR count). The lowest BCUT2D eigenvalue weighted by molar-refractivity contribution is -0.138. The first-order valence-corrected chi connectivity index (χ1v) is 7.16. The lowest BCUT2D eigenvalue weighted by Crippen LogP contribution is -2.06. The van der Waals surface area contributed by atoms with Crippen LogP contribution in [0.3, 0.4) is 0 Å². The van der Waals surface area contributed by atoms with Gasteiger partial charge in [0.2, 0.25) is 0 Å². The fraction of sp³-hybridized carbons (Fsp3) is 0.333. The van der Waals surface area contributed by atoms with Crippen LogP contribution < -0.4 is 4.74 Å². The van der Waals surface area contributed by atoms with Crippen molar-refractivity contribution in [1.82, 2.24) is 4.98 Å². The first-order chi connectivity index (χ1) is 9.40. The molecule has 0 saturated heterocycles. The molecular formula is C15H17NO3S. The van der Waals surface area contributed by atoms with Gasteiger partial charge in [0.25, 0.3) is 5.19 Å².